The first-order valence-electron chi connectivity index (χ1n) is 6.51. The summed E-state index contributed by atoms with van der Waals surface area (Å²) < 4.78 is 0. The highest BCUT2D eigenvalue weighted by molar-refractivity contribution is 9.10. The van der Waals surface area contributed by atoms with E-state index >= 15 is 0 Å². The Kier molecular flexibility index (Phi) is 3.83. The Morgan fingerprint density at radius 2 is 2.22 bits per heavy atom. The molecule has 2 bridgehead atoms. The van der Waals surface area contributed by atoms with Crippen LogP contribution < -0.4 is 5.73 Å². The topological polar surface area (TPSA) is 82.5 Å². The number of aliphatic imine (C=N–C) groups is 1. The molecule has 0 spiro atoms. The van der Waals surface area contributed by atoms with Crippen molar-refractivity contribution in [3.8, 4) is 0 Å². The molecular weight excluding hydrogens is 294 g/mol. The van der Waals surface area contributed by atoms with Crippen LogP contribution in [0.1, 0.15) is 33.1 Å². The Morgan fingerprint density at radius 1 is 1.56 bits per heavy atom. The quantitative estimate of drug-likeness (QED) is 0.422. The third kappa shape index (κ3) is 2.48. The number of alkyl halides is 1. The number of rotatable bonds is 3. The second-order valence-electron chi connectivity index (χ2n) is 6.30. The molecular formula is C13H22BrN3O. The van der Waals surface area contributed by atoms with Crippen LogP contribution >= 0.6 is 15.9 Å². The van der Waals surface area contributed by atoms with Crippen LogP contribution in [0, 0.1) is 22.7 Å². The van der Waals surface area contributed by atoms with Crippen LogP contribution in [0.4, 0.5) is 0 Å². The maximum absolute atomic E-state index is 9.90. The van der Waals surface area contributed by atoms with Gasteiger partial charge in [0.05, 0.1) is 12.1 Å². The lowest BCUT2D eigenvalue weighted by molar-refractivity contribution is 0.0710. The number of aliphatic hydroxyl groups is 1. The van der Waals surface area contributed by atoms with Crippen LogP contribution in [-0.4, -0.2) is 34.1 Å². The molecule has 2 aliphatic rings. The van der Waals surface area contributed by atoms with E-state index < -0.39 is 0 Å². The van der Waals surface area contributed by atoms with Crippen LogP contribution in [0.25, 0.3) is 0 Å². The van der Waals surface area contributed by atoms with Gasteiger partial charge in [-0.15, -0.1) is 0 Å². The van der Waals surface area contributed by atoms with Gasteiger partial charge in [-0.3, -0.25) is 4.99 Å². The molecule has 0 amide bonds. The molecule has 0 aromatic carbocycles. The van der Waals surface area contributed by atoms with Crippen molar-refractivity contribution in [1.82, 2.24) is 0 Å². The zero-order valence-electron chi connectivity index (χ0n) is 10.9. The standard InChI is InChI=1S/C13H22BrN3O/c1-13(2)5-7-3-8(18)4-9(13)11(7)17-12(16)10(14)6-15/h6-11,15,18H,3-5H2,1-2H3,(H2,16,17). The van der Waals surface area contributed by atoms with E-state index in [9.17, 15) is 5.11 Å². The number of hydrogen-bond donors (Lipinski definition) is 3. The largest absolute Gasteiger partial charge is 0.393 e. The number of fused-ring (bicyclic) bond motifs is 2. The first-order chi connectivity index (χ1) is 8.35. The predicted molar refractivity (Wildman–Crippen MR) is 77.5 cm³/mol. The monoisotopic (exact) mass is 315 g/mol. The molecule has 0 aliphatic heterocycles. The van der Waals surface area contributed by atoms with Gasteiger partial charge in [-0.2, -0.15) is 0 Å². The number of halogens is 1. The van der Waals surface area contributed by atoms with Crippen molar-refractivity contribution in [2.24, 2.45) is 28.0 Å². The molecule has 4 N–H and O–H groups in total. The number of hydrogen-bond acceptors (Lipinski definition) is 3. The fourth-order valence-electron chi connectivity index (χ4n) is 3.68. The van der Waals surface area contributed by atoms with Gasteiger partial charge in [-0.05, 0) is 36.5 Å². The highest BCUT2D eigenvalue weighted by Gasteiger charge is 2.52. The Bertz CT molecular complexity index is 369. The SMILES string of the molecule is CC1(C)CC2CC(O)CC1C2N=C(N)C(Br)C=N. The summed E-state index contributed by atoms with van der Waals surface area (Å²) in [4.78, 5) is 4.38. The van der Waals surface area contributed by atoms with Crippen molar-refractivity contribution in [2.75, 3.05) is 0 Å². The Labute approximate surface area is 117 Å². The lowest BCUT2D eigenvalue weighted by Crippen LogP contribution is -2.38. The van der Waals surface area contributed by atoms with Gasteiger partial charge in [0.2, 0.25) is 0 Å². The Hall–Kier alpha value is -0.420. The van der Waals surface area contributed by atoms with Crippen molar-refractivity contribution in [3.05, 3.63) is 0 Å². The molecule has 0 radical (unpaired) electrons. The van der Waals surface area contributed by atoms with E-state index in [0.717, 1.165) is 19.3 Å². The molecule has 5 unspecified atom stereocenters. The summed E-state index contributed by atoms with van der Waals surface area (Å²) in [5.74, 6) is 1.31. The lowest BCUT2D eigenvalue weighted by Gasteiger charge is -2.34. The number of amidine groups is 1. The molecule has 2 rings (SSSR count). The molecule has 18 heavy (non-hydrogen) atoms. The van der Waals surface area contributed by atoms with Crippen LogP contribution in [0.3, 0.4) is 0 Å². The Balaban J connectivity index is 2.22. The van der Waals surface area contributed by atoms with Gasteiger partial charge in [-0.1, -0.05) is 29.8 Å². The fraction of sp³-hybridized carbons (Fsp3) is 0.846. The zero-order valence-corrected chi connectivity index (χ0v) is 12.5. The summed E-state index contributed by atoms with van der Waals surface area (Å²) in [5.41, 5.74) is 6.15. The summed E-state index contributed by atoms with van der Waals surface area (Å²) in [6.45, 7) is 4.52. The van der Waals surface area contributed by atoms with Crippen LogP contribution in [0.2, 0.25) is 0 Å². The maximum atomic E-state index is 9.90. The third-order valence-electron chi connectivity index (χ3n) is 4.52. The van der Waals surface area contributed by atoms with E-state index in [-0.39, 0.29) is 22.4 Å². The lowest BCUT2D eigenvalue weighted by atomic mass is 9.76. The van der Waals surface area contributed by atoms with Crippen molar-refractivity contribution in [1.29, 1.82) is 5.41 Å². The van der Waals surface area contributed by atoms with Crippen molar-refractivity contribution >= 4 is 28.0 Å². The normalized spacial score (nSPS) is 40.6. The zero-order chi connectivity index (χ0) is 13.5. The minimum Gasteiger partial charge on any atom is -0.393 e. The highest BCUT2D eigenvalue weighted by Crippen LogP contribution is 2.54. The fourth-order valence-corrected chi connectivity index (χ4v) is 3.80. The summed E-state index contributed by atoms with van der Waals surface area (Å²) in [6, 6.07) is 0.211. The first kappa shape index (κ1) is 14.0. The summed E-state index contributed by atoms with van der Waals surface area (Å²) >= 11 is 3.32. The van der Waals surface area contributed by atoms with Gasteiger partial charge in [-0.25, -0.2) is 0 Å². The second kappa shape index (κ2) is 4.93. The smallest absolute Gasteiger partial charge is 0.113 e. The maximum Gasteiger partial charge on any atom is 0.113 e. The summed E-state index contributed by atoms with van der Waals surface area (Å²) in [5, 5.41) is 17.1. The molecule has 5 heteroatoms. The van der Waals surface area contributed by atoms with Gasteiger partial charge < -0.3 is 16.2 Å². The van der Waals surface area contributed by atoms with Gasteiger partial charge in [0.1, 0.15) is 10.7 Å². The van der Waals surface area contributed by atoms with Crippen LogP contribution in [-0.2, 0) is 0 Å². The number of nitrogens with zero attached hydrogens (tertiary/aromatic N) is 1. The van der Waals surface area contributed by atoms with E-state index in [1.807, 2.05) is 0 Å². The van der Waals surface area contributed by atoms with Crippen LogP contribution in [0.15, 0.2) is 4.99 Å². The number of nitrogens with two attached hydrogens (primary N) is 1. The first-order valence-corrected chi connectivity index (χ1v) is 7.42. The van der Waals surface area contributed by atoms with E-state index in [1.165, 1.54) is 6.21 Å². The molecule has 2 saturated carbocycles. The minimum atomic E-state index is -0.271. The average Bonchev–Trinajstić information content (AvgIpc) is 2.43. The number of nitrogens with one attached hydrogen (secondary N) is 1. The van der Waals surface area contributed by atoms with Gasteiger partial charge in [0.25, 0.3) is 0 Å². The van der Waals surface area contributed by atoms with E-state index in [0.29, 0.717) is 17.7 Å². The Morgan fingerprint density at radius 3 is 2.78 bits per heavy atom. The van der Waals surface area contributed by atoms with E-state index in [1.54, 1.807) is 0 Å². The van der Waals surface area contributed by atoms with Gasteiger partial charge in [0, 0.05) is 6.21 Å². The highest BCUT2D eigenvalue weighted by atomic mass is 79.9. The molecule has 0 saturated heterocycles. The molecule has 0 heterocycles. The molecule has 4 nitrogen and oxygen atoms in total. The predicted octanol–water partition coefficient (Wildman–Crippen LogP) is 1.94. The molecule has 5 atom stereocenters. The summed E-state index contributed by atoms with van der Waals surface area (Å²) in [7, 11) is 0. The molecule has 0 aromatic heterocycles. The minimum absolute atomic E-state index is 0.183. The molecule has 0 aromatic rings. The second-order valence-corrected chi connectivity index (χ2v) is 7.28. The van der Waals surface area contributed by atoms with E-state index in [2.05, 4.69) is 34.8 Å². The van der Waals surface area contributed by atoms with E-state index in [4.69, 9.17) is 11.1 Å². The van der Waals surface area contributed by atoms with Crippen molar-refractivity contribution in [3.63, 3.8) is 0 Å². The third-order valence-corrected chi connectivity index (χ3v) is 5.25. The van der Waals surface area contributed by atoms with Gasteiger partial charge >= 0.3 is 0 Å². The van der Waals surface area contributed by atoms with Crippen molar-refractivity contribution < 1.29 is 5.11 Å². The molecule has 102 valence electrons. The molecule has 2 aliphatic carbocycles. The average molecular weight is 316 g/mol. The summed E-state index contributed by atoms with van der Waals surface area (Å²) in [6.07, 6.45) is 3.83. The number of aliphatic hydroxyl groups excluding tert-OH is 1. The van der Waals surface area contributed by atoms with Crippen LogP contribution in [0.5, 0.6) is 0 Å². The van der Waals surface area contributed by atoms with Gasteiger partial charge in [0.15, 0.2) is 0 Å². The molecule has 2 fully saturated rings. The van der Waals surface area contributed by atoms with Crippen molar-refractivity contribution in [2.45, 2.75) is 50.1 Å².